The average Bonchev–Trinajstić information content (AvgIpc) is 3.01. The van der Waals surface area contributed by atoms with Gasteiger partial charge in [-0.15, -0.1) is 11.3 Å². The zero-order valence-corrected chi connectivity index (χ0v) is 12.7. The van der Waals surface area contributed by atoms with Crippen LogP contribution in [0.2, 0.25) is 5.02 Å². The van der Waals surface area contributed by atoms with E-state index in [9.17, 15) is 14.3 Å². The number of aromatic nitrogens is 1. The van der Waals surface area contributed by atoms with E-state index in [4.69, 9.17) is 11.6 Å². The van der Waals surface area contributed by atoms with Crippen LogP contribution in [0.5, 0.6) is 0 Å². The molecule has 22 heavy (non-hydrogen) atoms. The average molecular weight is 334 g/mol. The number of thiazole rings is 1. The smallest absolute Gasteiger partial charge is 0.335 e. The minimum Gasteiger partial charge on any atom is -0.478 e. The van der Waals surface area contributed by atoms with Crippen LogP contribution in [0.25, 0.3) is 21.7 Å². The molecule has 0 spiro atoms. The largest absolute Gasteiger partial charge is 0.478 e. The van der Waals surface area contributed by atoms with E-state index >= 15 is 0 Å². The molecule has 0 aliphatic heterocycles. The molecule has 0 amide bonds. The molecule has 1 N–H and O–H groups in total. The summed E-state index contributed by atoms with van der Waals surface area (Å²) in [6, 6.07) is 8.89. The van der Waals surface area contributed by atoms with Crippen molar-refractivity contribution in [3.63, 3.8) is 0 Å². The summed E-state index contributed by atoms with van der Waals surface area (Å²) in [6.07, 6.45) is 1.65. The predicted octanol–water partition coefficient (Wildman–Crippen LogP) is 4.97. The van der Waals surface area contributed by atoms with Gasteiger partial charge in [-0.3, -0.25) is 0 Å². The highest BCUT2D eigenvalue weighted by molar-refractivity contribution is 7.13. The molecule has 3 rings (SSSR count). The van der Waals surface area contributed by atoms with Gasteiger partial charge in [0.2, 0.25) is 0 Å². The number of aromatic carboxylic acids is 1. The fourth-order valence-corrected chi connectivity index (χ4v) is 3.02. The lowest BCUT2D eigenvalue weighted by Gasteiger charge is -2.08. The molecule has 0 bridgehead atoms. The van der Waals surface area contributed by atoms with Crippen LogP contribution in [-0.4, -0.2) is 16.1 Å². The molecule has 1 heterocycles. The van der Waals surface area contributed by atoms with Crippen LogP contribution >= 0.6 is 22.9 Å². The Balaban J connectivity index is 2.20. The Hall–Kier alpha value is -2.24. The molecular weight excluding hydrogens is 325 g/mol. The summed E-state index contributed by atoms with van der Waals surface area (Å²) in [7, 11) is 0. The van der Waals surface area contributed by atoms with Crippen molar-refractivity contribution in [3.8, 4) is 21.7 Å². The number of carbonyl (C=O) groups is 1. The van der Waals surface area contributed by atoms with Crippen molar-refractivity contribution in [1.82, 2.24) is 4.98 Å². The predicted molar refractivity (Wildman–Crippen MR) is 84.9 cm³/mol. The van der Waals surface area contributed by atoms with Crippen LogP contribution in [0.1, 0.15) is 10.4 Å². The first-order valence-electron chi connectivity index (χ1n) is 6.28. The van der Waals surface area contributed by atoms with E-state index < -0.39 is 11.8 Å². The number of hydrogen-bond acceptors (Lipinski definition) is 3. The van der Waals surface area contributed by atoms with Crippen molar-refractivity contribution in [2.24, 2.45) is 0 Å². The van der Waals surface area contributed by atoms with Gasteiger partial charge in [0.15, 0.2) is 0 Å². The highest BCUT2D eigenvalue weighted by Crippen LogP contribution is 2.33. The van der Waals surface area contributed by atoms with Gasteiger partial charge in [0, 0.05) is 22.7 Å². The van der Waals surface area contributed by atoms with Crippen molar-refractivity contribution in [2.45, 2.75) is 0 Å². The van der Waals surface area contributed by atoms with Gasteiger partial charge in [0.25, 0.3) is 0 Å². The van der Waals surface area contributed by atoms with E-state index in [1.165, 1.54) is 35.6 Å². The normalized spacial score (nSPS) is 10.6. The third-order valence-electron chi connectivity index (χ3n) is 3.10. The second kappa shape index (κ2) is 5.87. The molecule has 0 aliphatic rings. The second-order valence-corrected chi connectivity index (χ2v) is 5.87. The fourth-order valence-electron chi connectivity index (χ4n) is 2.12. The number of carboxylic acids is 1. The summed E-state index contributed by atoms with van der Waals surface area (Å²) in [6.45, 7) is 0. The molecule has 0 aliphatic carbocycles. The molecule has 2 aromatic carbocycles. The van der Waals surface area contributed by atoms with E-state index in [-0.39, 0.29) is 10.6 Å². The number of benzene rings is 2. The van der Waals surface area contributed by atoms with E-state index in [0.29, 0.717) is 21.7 Å². The molecule has 3 aromatic rings. The maximum absolute atomic E-state index is 13.2. The minimum atomic E-state index is -1.04. The van der Waals surface area contributed by atoms with Crippen LogP contribution in [0.3, 0.4) is 0 Å². The van der Waals surface area contributed by atoms with Crippen LogP contribution in [0.15, 0.2) is 48.0 Å². The van der Waals surface area contributed by atoms with Gasteiger partial charge in [-0.2, -0.15) is 0 Å². The summed E-state index contributed by atoms with van der Waals surface area (Å²) in [4.78, 5) is 15.5. The minimum absolute atomic E-state index is 0.128. The first-order chi connectivity index (χ1) is 10.5. The summed E-state index contributed by atoms with van der Waals surface area (Å²) in [5.74, 6) is -1.49. The van der Waals surface area contributed by atoms with Crippen LogP contribution in [-0.2, 0) is 0 Å². The molecule has 0 radical (unpaired) electrons. The summed E-state index contributed by atoms with van der Waals surface area (Å²) >= 11 is 7.48. The maximum Gasteiger partial charge on any atom is 0.335 e. The number of nitrogens with zero attached hydrogens (tertiary/aromatic N) is 1. The van der Waals surface area contributed by atoms with Crippen molar-refractivity contribution in [1.29, 1.82) is 0 Å². The van der Waals surface area contributed by atoms with Crippen molar-refractivity contribution in [3.05, 3.63) is 64.4 Å². The Morgan fingerprint density at radius 1 is 1.18 bits per heavy atom. The lowest BCUT2D eigenvalue weighted by molar-refractivity contribution is 0.0697. The van der Waals surface area contributed by atoms with Gasteiger partial charge in [0.1, 0.15) is 10.8 Å². The fraction of sp³-hybridized carbons (Fsp3) is 0. The third kappa shape index (κ3) is 2.86. The molecule has 0 atom stereocenters. The van der Waals surface area contributed by atoms with Gasteiger partial charge in [-0.25, -0.2) is 14.2 Å². The number of hydrogen-bond donors (Lipinski definition) is 1. The number of carboxylic acid groups (broad SMARTS) is 1. The highest BCUT2D eigenvalue weighted by Gasteiger charge is 2.13. The molecular formula is C16H9ClFNO2S. The van der Waals surface area contributed by atoms with Crippen molar-refractivity contribution < 1.29 is 14.3 Å². The molecule has 1 aromatic heterocycles. The lowest BCUT2D eigenvalue weighted by atomic mass is 9.99. The Morgan fingerprint density at radius 3 is 2.59 bits per heavy atom. The topological polar surface area (TPSA) is 50.2 Å². The van der Waals surface area contributed by atoms with Crippen LogP contribution in [0, 0.1) is 5.82 Å². The van der Waals surface area contributed by atoms with Crippen LogP contribution < -0.4 is 0 Å². The summed E-state index contributed by atoms with van der Waals surface area (Å²) in [5.41, 5.74) is 1.99. The standard InChI is InChI=1S/C16H9ClFNO2S/c17-14-8-12(18)1-2-13(14)9-5-10(15-19-3-4-22-15)7-11(6-9)16(20)21/h1-8H,(H,20,21). The second-order valence-electron chi connectivity index (χ2n) is 4.57. The van der Waals surface area contributed by atoms with Crippen molar-refractivity contribution >= 4 is 28.9 Å². The Labute approximate surface area is 134 Å². The van der Waals surface area contributed by atoms with E-state index in [1.54, 1.807) is 18.3 Å². The monoisotopic (exact) mass is 333 g/mol. The van der Waals surface area contributed by atoms with E-state index in [0.717, 1.165) is 0 Å². The molecule has 0 fully saturated rings. The van der Waals surface area contributed by atoms with Crippen LogP contribution in [0.4, 0.5) is 4.39 Å². The number of rotatable bonds is 3. The number of halogens is 2. The van der Waals surface area contributed by atoms with Gasteiger partial charge in [-0.05, 0) is 42.0 Å². The van der Waals surface area contributed by atoms with Gasteiger partial charge < -0.3 is 5.11 Å². The molecule has 0 unspecified atom stereocenters. The van der Waals surface area contributed by atoms with Gasteiger partial charge >= 0.3 is 5.97 Å². The first-order valence-corrected chi connectivity index (χ1v) is 7.54. The van der Waals surface area contributed by atoms with E-state index in [2.05, 4.69) is 4.98 Å². The quantitative estimate of drug-likeness (QED) is 0.736. The molecule has 3 nitrogen and oxygen atoms in total. The van der Waals surface area contributed by atoms with E-state index in [1.807, 2.05) is 5.38 Å². The summed E-state index contributed by atoms with van der Waals surface area (Å²) < 4.78 is 13.2. The highest BCUT2D eigenvalue weighted by atomic mass is 35.5. The Bertz CT molecular complexity index is 849. The Kier molecular flexibility index (Phi) is 3.92. The van der Waals surface area contributed by atoms with Crippen molar-refractivity contribution in [2.75, 3.05) is 0 Å². The zero-order chi connectivity index (χ0) is 15.7. The SMILES string of the molecule is O=C(O)c1cc(-c2nccs2)cc(-c2ccc(F)cc2Cl)c1. The first kappa shape index (κ1) is 14.7. The van der Waals surface area contributed by atoms with Gasteiger partial charge in [-0.1, -0.05) is 11.6 Å². The third-order valence-corrected chi connectivity index (χ3v) is 4.24. The summed E-state index contributed by atoms with van der Waals surface area (Å²) in [5, 5.41) is 12.0. The lowest BCUT2D eigenvalue weighted by Crippen LogP contribution is -1.97. The molecule has 6 heteroatoms. The Morgan fingerprint density at radius 2 is 1.95 bits per heavy atom. The zero-order valence-electron chi connectivity index (χ0n) is 11.1. The molecule has 0 saturated carbocycles. The van der Waals surface area contributed by atoms with Gasteiger partial charge in [0.05, 0.1) is 10.6 Å². The molecule has 110 valence electrons. The maximum atomic E-state index is 13.2. The molecule has 0 saturated heterocycles.